The van der Waals surface area contributed by atoms with Crippen molar-refractivity contribution in [3.8, 4) is 16.8 Å². The van der Waals surface area contributed by atoms with Crippen molar-refractivity contribution in [3.05, 3.63) is 138 Å². The van der Waals surface area contributed by atoms with Crippen molar-refractivity contribution in [2.45, 2.75) is 13.3 Å². The maximum Gasteiger partial charge on any atom is 0.0541 e. The summed E-state index contributed by atoms with van der Waals surface area (Å²) in [5.41, 5.74) is 10.2. The van der Waals surface area contributed by atoms with Gasteiger partial charge in [0.2, 0.25) is 0 Å². The van der Waals surface area contributed by atoms with Crippen molar-refractivity contribution < 1.29 is 0 Å². The van der Waals surface area contributed by atoms with Crippen molar-refractivity contribution in [1.82, 2.24) is 4.57 Å². The molecule has 0 fully saturated rings. The number of aromatic nitrogens is 1. The van der Waals surface area contributed by atoms with E-state index in [1.807, 2.05) is 0 Å². The molecule has 0 spiro atoms. The summed E-state index contributed by atoms with van der Waals surface area (Å²) in [4.78, 5) is 0. The van der Waals surface area contributed by atoms with Crippen LogP contribution in [0, 0.1) is 6.92 Å². The van der Waals surface area contributed by atoms with Crippen LogP contribution in [0.15, 0.2) is 121 Å². The van der Waals surface area contributed by atoms with Gasteiger partial charge in [0.1, 0.15) is 0 Å². The Morgan fingerprint density at radius 2 is 1.15 bits per heavy atom. The summed E-state index contributed by atoms with van der Waals surface area (Å²) < 4.78 is 2.40. The van der Waals surface area contributed by atoms with Gasteiger partial charge in [-0.05, 0) is 65.4 Å². The lowest BCUT2D eigenvalue weighted by atomic mass is 9.99. The predicted octanol–water partition coefficient (Wildman–Crippen LogP) is 8.35. The normalized spacial score (nSPS) is 11.3. The van der Waals surface area contributed by atoms with Crippen LogP contribution >= 0.6 is 0 Å². The zero-order chi connectivity index (χ0) is 22.2. The van der Waals surface area contributed by atoms with E-state index in [4.69, 9.17) is 0 Å². The maximum absolute atomic E-state index is 2.40. The highest BCUT2D eigenvalue weighted by atomic mass is 15.0. The molecule has 158 valence electrons. The second-order valence-electron chi connectivity index (χ2n) is 8.73. The van der Waals surface area contributed by atoms with Gasteiger partial charge in [-0.1, -0.05) is 97.1 Å². The standard InChI is InChI=1S/C32H25N/c1-23-9-5-7-13-30(23)33-31-14-8-6-12-28(31)29-22-27(19-20-32(29)33)26-17-15-25(16-18-26)21-24-10-3-2-4-11-24/h2-20,22H,21H2,1H3. The smallest absolute Gasteiger partial charge is 0.0541 e. The van der Waals surface area contributed by atoms with Crippen molar-refractivity contribution in [3.63, 3.8) is 0 Å². The molecular weight excluding hydrogens is 398 g/mol. The first-order valence-electron chi connectivity index (χ1n) is 11.5. The summed E-state index contributed by atoms with van der Waals surface area (Å²) in [6.45, 7) is 2.18. The fourth-order valence-corrected chi connectivity index (χ4v) is 4.87. The van der Waals surface area contributed by atoms with Crippen LogP contribution in [-0.4, -0.2) is 4.57 Å². The molecule has 0 saturated heterocycles. The molecule has 1 aromatic heterocycles. The Hall–Kier alpha value is -4.10. The average molecular weight is 424 g/mol. The van der Waals surface area contributed by atoms with Crippen LogP contribution in [0.3, 0.4) is 0 Å². The highest BCUT2D eigenvalue weighted by Gasteiger charge is 2.14. The van der Waals surface area contributed by atoms with Gasteiger partial charge in [-0.3, -0.25) is 0 Å². The fraction of sp³-hybridized carbons (Fsp3) is 0.0625. The topological polar surface area (TPSA) is 4.93 Å². The van der Waals surface area contributed by atoms with Crippen molar-refractivity contribution >= 4 is 21.8 Å². The lowest BCUT2D eigenvalue weighted by Gasteiger charge is -2.11. The van der Waals surface area contributed by atoms with Gasteiger partial charge >= 0.3 is 0 Å². The lowest BCUT2D eigenvalue weighted by molar-refractivity contribution is 1.15. The molecule has 0 saturated carbocycles. The minimum Gasteiger partial charge on any atom is -0.309 e. The Morgan fingerprint density at radius 3 is 1.97 bits per heavy atom. The lowest BCUT2D eigenvalue weighted by Crippen LogP contribution is -1.96. The molecule has 0 N–H and O–H groups in total. The van der Waals surface area contributed by atoms with E-state index in [0.717, 1.165) is 6.42 Å². The van der Waals surface area contributed by atoms with Crippen LogP contribution in [0.5, 0.6) is 0 Å². The molecule has 0 bridgehead atoms. The van der Waals surface area contributed by atoms with Crippen LogP contribution in [-0.2, 0) is 6.42 Å². The van der Waals surface area contributed by atoms with Crippen molar-refractivity contribution in [1.29, 1.82) is 0 Å². The van der Waals surface area contributed by atoms with E-state index in [-0.39, 0.29) is 0 Å². The van der Waals surface area contributed by atoms with Crippen LogP contribution in [0.4, 0.5) is 0 Å². The molecule has 33 heavy (non-hydrogen) atoms. The number of hydrogen-bond donors (Lipinski definition) is 0. The van der Waals surface area contributed by atoms with Gasteiger partial charge in [0.05, 0.1) is 11.0 Å². The number of fused-ring (bicyclic) bond motifs is 3. The quantitative estimate of drug-likeness (QED) is 0.268. The number of hydrogen-bond acceptors (Lipinski definition) is 0. The summed E-state index contributed by atoms with van der Waals surface area (Å²) in [5.74, 6) is 0. The SMILES string of the molecule is Cc1ccccc1-n1c2ccccc2c2cc(-c3ccc(Cc4ccccc4)cc3)ccc21. The minimum absolute atomic E-state index is 0.962. The van der Waals surface area contributed by atoms with E-state index < -0.39 is 0 Å². The molecule has 0 atom stereocenters. The number of rotatable bonds is 4. The van der Waals surface area contributed by atoms with Crippen LogP contribution in [0.2, 0.25) is 0 Å². The molecule has 0 amide bonds. The monoisotopic (exact) mass is 423 g/mol. The van der Waals surface area contributed by atoms with Gasteiger partial charge in [0.15, 0.2) is 0 Å². The summed E-state index contributed by atoms with van der Waals surface area (Å²) >= 11 is 0. The summed E-state index contributed by atoms with van der Waals surface area (Å²) in [6, 6.07) is 43.9. The van der Waals surface area contributed by atoms with Crippen molar-refractivity contribution in [2.24, 2.45) is 0 Å². The van der Waals surface area contributed by atoms with Crippen LogP contribution in [0.1, 0.15) is 16.7 Å². The number of nitrogens with zero attached hydrogens (tertiary/aromatic N) is 1. The van der Waals surface area contributed by atoms with Gasteiger partial charge in [0.25, 0.3) is 0 Å². The Labute approximate surface area is 194 Å². The van der Waals surface area contributed by atoms with Crippen molar-refractivity contribution in [2.75, 3.05) is 0 Å². The molecule has 6 rings (SSSR count). The number of benzene rings is 5. The average Bonchev–Trinajstić information content (AvgIpc) is 3.19. The first-order valence-corrected chi connectivity index (χ1v) is 11.5. The van der Waals surface area contributed by atoms with Gasteiger partial charge < -0.3 is 4.57 Å². The highest BCUT2D eigenvalue weighted by Crippen LogP contribution is 2.35. The Bertz CT molecular complexity index is 1570. The van der Waals surface area contributed by atoms with Crippen LogP contribution < -0.4 is 0 Å². The first kappa shape index (κ1) is 19.6. The van der Waals surface area contributed by atoms with Crippen LogP contribution in [0.25, 0.3) is 38.6 Å². The zero-order valence-corrected chi connectivity index (χ0v) is 18.7. The van der Waals surface area contributed by atoms with Gasteiger partial charge in [-0.25, -0.2) is 0 Å². The summed E-state index contributed by atoms with van der Waals surface area (Å²) in [5, 5.41) is 2.58. The molecule has 0 aliphatic heterocycles. The second-order valence-corrected chi connectivity index (χ2v) is 8.73. The number of aryl methyl sites for hydroxylation is 1. The molecule has 1 heteroatoms. The summed E-state index contributed by atoms with van der Waals surface area (Å²) in [7, 11) is 0. The Balaban J connectivity index is 1.44. The van der Waals surface area contributed by atoms with E-state index >= 15 is 0 Å². The predicted molar refractivity (Wildman–Crippen MR) is 140 cm³/mol. The van der Waals surface area contributed by atoms with E-state index in [9.17, 15) is 0 Å². The fourth-order valence-electron chi connectivity index (χ4n) is 4.87. The third-order valence-electron chi connectivity index (χ3n) is 6.57. The largest absolute Gasteiger partial charge is 0.309 e. The molecule has 6 aromatic rings. The van der Waals surface area contributed by atoms with Gasteiger partial charge in [0, 0.05) is 16.5 Å². The Kier molecular flexibility index (Phi) is 4.81. The first-order chi connectivity index (χ1) is 16.3. The van der Waals surface area contributed by atoms with Gasteiger partial charge in [-0.2, -0.15) is 0 Å². The molecular formula is C32H25N. The molecule has 0 aliphatic rings. The molecule has 1 nitrogen and oxygen atoms in total. The van der Waals surface area contributed by atoms with E-state index in [1.54, 1.807) is 0 Å². The molecule has 0 radical (unpaired) electrons. The highest BCUT2D eigenvalue weighted by molar-refractivity contribution is 6.10. The summed E-state index contributed by atoms with van der Waals surface area (Å²) in [6.07, 6.45) is 0.962. The molecule has 0 unspecified atom stereocenters. The maximum atomic E-state index is 2.40. The number of para-hydroxylation sites is 2. The van der Waals surface area contributed by atoms with E-state index in [0.29, 0.717) is 0 Å². The minimum atomic E-state index is 0.962. The molecule has 5 aromatic carbocycles. The third kappa shape index (κ3) is 3.52. The van der Waals surface area contributed by atoms with E-state index in [2.05, 4.69) is 133 Å². The molecule has 1 heterocycles. The zero-order valence-electron chi connectivity index (χ0n) is 18.7. The second kappa shape index (κ2) is 8.11. The molecule has 0 aliphatic carbocycles. The van der Waals surface area contributed by atoms with E-state index in [1.165, 1.54) is 55.3 Å². The third-order valence-corrected chi connectivity index (χ3v) is 6.57. The van der Waals surface area contributed by atoms with Gasteiger partial charge in [-0.15, -0.1) is 0 Å². The Morgan fingerprint density at radius 1 is 0.515 bits per heavy atom.